The van der Waals surface area contributed by atoms with E-state index in [9.17, 15) is 14.7 Å². The lowest BCUT2D eigenvalue weighted by Crippen LogP contribution is -2.41. The van der Waals surface area contributed by atoms with Gasteiger partial charge < -0.3 is 15.3 Å². The van der Waals surface area contributed by atoms with Crippen LogP contribution < -0.4 is 5.32 Å². The van der Waals surface area contributed by atoms with Crippen LogP contribution in [0.1, 0.15) is 37.7 Å². The second-order valence-electron chi connectivity index (χ2n) is 7.18. The van der Waals surface area contributed by atoms with Crippen LogP contribution >= 0.6 is 0 Å². The van der Waals surface area contributed by atoms with E-state index in [0.29, 0.717) is 38.0 Å². The summed E-state index contributed by atoms with van der Waals surface area (Å²) in [4.78, 5) is 26.9. The van der Waals surface area contributed by atoms with Crippen LogP contribution in [0.25, 0.3) is 0 Å². The summed E-state index contributed by atoms with van der Waals surface area (Å²) in [6.07, 6.45) is 1.77. The molecular formula is C22H26N2O3. The van der Waals surface area contributed by atoms with Gasteiger partial charge in [-0.3, -0.25) is 9.59 Å². The van der Waals surface area contributed by atoms with Crippen molar-refractivity contribution < 1.29 is 14.7 Å². The molecule has 1 aliphatic heterocycles. The lowest BCUT2D eigenvalue weighted by atomic mass is 9.93. The zero-order valence-electron chi connectivity index (χ0n) is 15.6. The summed E-state index contributed by atoms with van der Waals surface area (Å²) >= 11 is 0. The van der Waals surface area contributed by atoms with Crippen molar-refractivity contribution in [2.45, 2.75) is 32.1 Å². The lowest BCUT2D eigenvalue weighted by molar-refractivity contribution is -0.134. The smallest absolute Gasteiger partial charge is 0.227 e. The van der Waals surface area contributed by atoms with Gasteiger partial charge in [0.05, 0.1) is 5.69 Å². The first-order valence-electron chi connectivity index (χ1n) is 9.46. The summed E-state index contributed by atoms with van der Waals surface area (Å²) in [6.45, 7) is 3.26. The zero-order valence-corrected chi connectivity index (χ0v) is 15.6. The summed E-state index contributed by atoms with van der Waals surface area (Å²) in [7, 11) is 0. The maximum atomic E-state index is 12.6. The molecular weight excluding hydrogens is 340 g/mol. The number of hydrogen-bond acceptors (Lipinski definition) is 3. The molecule has 5 nitrogen and oxygen atoms in total. The SMILES string of the molecule is C[C@H](CC(=O)N1CCC(C(=O)Nc2ccccc2O)CC1)c1ccccc1. The quantitative estimate of drug-likeness (QED) is 0.792. The highest BCUT2D eigenvalue weighted by molar-refractivity contribution is 5.94. The fourth-order valence-electron chi connectivity index (χ4n) is 3.50. The number of rotatable bonds is 5. The van der Waals surface area contributed by atoms with Gasteiger partial charge in [-0.25, -0.2) is 0 Å². The number of hydrogen-bond donors (Lipinski definition) is 2. The van der Waals surface area contributed by atoms with Gasteiger partial charge in [-0.05, 0) is 36.5 Å². The Morgan fingerprint density at radius 2 is 1.70 bits per heavy atom. The molecule has 1 saturated heterocycles. The average molecular weight is 366 g/mol. The fraction of sp³-hybridized carbons (Fsp3) is 0.364. The lowest BCUT2D eigenvalue weighted by Gasteiger charge is -2.32. The number of carbonyl (C=O) groups excluding carboxylic acids is 2. The third kappa shape index (κ3) is 4.88. The predicted molar refractivity (Wildman–Crippen MR) is 106 cm³/mol. The van der Waals surface area contributed by atoms with Crippen LogP contribution in [0.2, 0.25) is 0 Å². The first-order valence-corrected chi connectivity index (χ1v) is 9.46. The van der Waals surface area contributed by atoms with Gasteiger partial charge in [-0.1, -0.05) is 49.4 Å². The average Bonchev–Trinajstić information content (AvgIpc) is 2.70. The van der Waals surface area contributed by atoms with Gasteiger partial charge in [-0.2, -0.15) is 0 Å². The van der Waals surface area contributed by atoms with Gasteiger partial charge in [0.25, 0.3) is 0 Å². The van der Waals surface area contributed by atoms with E-state index < -0.39 is 0 Å². The molecule has 0 aliphatic carbocycles. The standard InChI is InChI=1S/C22H26N2O3/c1-16(17-7-3-2-4-8-17)15-21(26)24-13-11-18(12-14-24)22(27)23-19-9-5-6-10-20(19)25/h2-10,16,18,25H,11-15H2,1H3,(H,23,27)/t16-/m1/s1. The highest BCUT2D eigenvalue weighted by Crippen LogP contribution is 2.26. The topological polar surface area (TPSA) is 69.6 Å². The third-order valence-corrected chi connectivity index (χ3v) is 5.23. The second kappa shape index (κ2) is 8.71. The van der Waals surface area contributed by atoms with E-state index in [2.05, 4.69) is 12.2 Å². The first kappa shape index (κ1) is 19.0. The predicted octanol–water partition coefficient (Wildman–Crippen LogP) is 3.76. The summed E-state index contributed by atoms with van der Waals surface area (Å²) in [6, 6.07) is 16.8. The Kier molecular flexibility index (Phi) is 6.12. The summed E-state index contributed by atoms with van der Waals surface area (Å²) in [5.41, 5.74) is 1.60. The van der Waals surface area contributed by atoms with E-state index in [-0.39, 0.29) is 29.4 Å². The number of nitrogens with zero attached hydrogens (tertiary/aromatic N) is 1. The molecule has 0 spiro atoms. The molecule has 5 heteroatoms. The molecule has 3 rings (SSSR count). The van der Waals surface area contributed by atoms with E-state index in [0.717, 1.165) is 0 Å². The van der Waals surface area contributed by atoms with E-state index in [1.54, 1.807) is 24.3 Å². The molecule has 2 aromatic carbocycles. The molecule has 0 radical (unpaired) electrons. The summed E-state index contributed by atoms with van der Waals surface area (Å²) in [5.74, 6) is 0.154. The first-order chi connectivity index (χ1) is 13.0. The molecule has 0 bridgehead atoms. The van der Waals surface area contributed by atoms with E-state index >= 15 is 0 Å². The number of piperidine rings is 1. The summed E-state index contributed by atoms with van der Waals surface area (Å²) in [5, 5.41) is 12.6. The fourth-order valence-corrected chi connectivity index (χ4v) is 3.50. The van der Waals surface area contributed by atoms with Crippen LogP contribution in [0.3, 0.4) is 0 Å². The minimum absolute atomic E-state index is 0.0633. The number of carbonyl (C=O) groups is 2. The zero-order chi connectivity index (χ0) is 19.2. The number of nitrogens with one attached hydrogen (secondary N) is 1. The van der Waals surface area contributed by atoms with Crippen molar-refractivity contribution in [1.29, 1.82) is 0 Å². The number of phenolic OH excluding ortho intramolecular Hbond substituents is 1. The maximum absolute atomic E-state index is 12.6. The van der Waals surface area contributed by atoms with Gasteiger partial charge in [-0.15, -0.1) is 0 Å². The number of phenols is 1. The maximum Gasteiger partial charge on any atom is 0.227 e. The Bertz CT molecular complexity index is 783. The van der Waals surface area contributed by atoms with Crippen molar-refractivity contribution in [1.82, 2.24) is 4.90 Å². The van der Waals surface area contributed by atoms with E-state index in [4.69, 9.17) is 0 Å². The molecule has 1 heterocycles. The number of amides is 2. The molecule has 0 saturated carbocycles. The van der Waals surface area contributed by atoms with Crippen molar-refractivity contribution in [2.75, 3.05) is 18.4 Å². The summed E-state index contributed by atoms with van der Waals surface area (Å²) < 4.78 is 0. The monoisotopic (exact) mass is 366 g/mol. The molecule has 2 aromatic rings. The second-order valence-corrected chi connectivity index (χ2v) is 7.18. The van der Waals surface area contributed by atoms with Crippen molar-refractivity contribution >= 4 is 17.5 Å². The van der Waals surface area contributed by atoms with Crippen molar-refractivity contribution in [2.24, 2.45) is 5.92 Å². The normalized spacial score (nSPS) is 16.0. The number of para-hydroxylation sites is 2. The number of aromatic hydroxyl groups is 1. The van der Waals surface area contributed by atoms with Crippen molar-refractivity contribution in [3.63, 3.8) is 0 Å². The molecule has 142 valence electrons. The molecule has 1 aliphatic rings. The van der Waals surface area contributed by atoms with Crippen molar-refractivity contribution in [3.8, 4) is 5.75 Å². The Labute approximate surface area is 160 Å². The van der Waals surface area contributed by atoms with Crippen LogP contribution in [-0.2, 0) is 9.59 Å². The highest BCUT2D eigenvalue weighted by atomic mass is 16.3. The van der Waals surface area contributed by atoms with Crippen LogP contribution in [0.4, 0.5) is 5.69 Å². The van der Waals surface area contributed by atoms with Crippen molar-refractivity contribution in [3.05, 3.63) is 60.2 Å². The van der Waals surface area contributed by atoms with Crippen LogP contribution in [-0.4, -0.2) is 34.9 Å². The molecule has 1 atom stereocenters. The van der Waals surface area contributed by atoms with Gasteiger partial charge >= 0.3 is 0 Å². The Morgan fingerprint density at radius 1 is 1.07 bits per heavy atom. The van der Waals surface area contributed by atoms with Crippen LogP contribution in [0.15, 0.2) is 54.6 Å². The third-order valence-electron chi connectivity index (χ3n) is 5.23. The highest BCUT2D eigenvalue weighted by Gasteiger charge is 2.28. The number of likely N-dealkylation sites (tertiary alicyclic amines) is 1. The number of benzene rings is 2. The van der Waals surface area contributed by atoms with Gasteiger partial charge in [0.2, 0.25) is 11.8 Å². The van der Waals surface area contributed by atoms with Gasteiger partial charge in [0.1, 0.15) is 5.75 Å². The Morgan fingerprint density at radius 3 is 2.37 bits per heavy atom. The minimum Gasteiger partial charge on any atom is -0.506 e. The number of anilines is 1. The Hall–Kier alpha value is -2.82. The molecule has 0 aromatic heterocycles. The Balaban J connectivity index is 1.49. The molecule has 27 heavy (non-hydrogen) atoms. The molecule has 2 N–H and O–H groups in total. The molecule has 2 amide bonds. The van der Waals surface area contributed by atoms with Gasteiger partial charge in [0, 0.05) is 25.4 Å². The molecule has 0 unspecified atom stereocenters. The largest absolute Gasteiger partial charge is 0.506 e. The van der Waals surface area contributed by atoms with Gasteiger partial charge in [0.15, 0.2) is 0 Å². The van der Waals surface area contributed by atoms with E-state index in [1.165, 1.54) is 5.56 Å². The van der Waals surface area contributed by atoms with Crippen LogP contribution in [0.5, 0.6) is 5.75 Å². The minimum atomic E-state index is -0.139. The van der Waals surface area contributed by atoms with E-state index in [1.807, 2.05) is 35.2 Å². The molecule has 1 fully saturated rings. The van der Waals surface area contributed by atoms with Crippen LogP contribution in [0, 0.1) is 5.92 Å².